The van der Waals surface area contributed by atoms with E-state index >= 15 is 0 Å². The van der Waals surface area contributed by atoms with Gasteiger partial charge in [-0.15, -0.1) is 0 Å². The number of ether oxygens (including phenoxy) is 1. The second-order valence-corrected chi connectivity index (χ2v) is 4.65. The van der Waals surface area contributed by atoms with Gasteiger partial charge in [-0.05, 0) is 31.8 Å². The summed E-state index contributed by atoms with van der Waals surface area (Å²) >= 11 is 0. The number of hydrogen-bond acceptors (Lipinski definition) is 4. The van der Waals surface area contributed by atoms with Gasteiger partial charge in [-0.2, -0.15) is 0 Å². The van der Waals surface area contributed by atoms with Crippen molar-refractivity contribution in [3.63, 3.8) is 0 Å². The summed E-state index contributed by atoms with van der Waals surface area (Å²) in [6, 6.07) is -0.415. The molecule has 0 aromatic heterocycles. The average Bonchev–Trinajstić information content (AvgIpc) is 2.72. The van der Waals surface area contributed by atoms with Crippen LogP contribution in [-0.2, 0) is 9.53 Å². The smallest absolute Gasteiger partial charge is 0.320 e. The van der Waals surface area contributed by atoms with E-state index in [1.165, 1.54) is 0 Å². The lowest BCUT2D eigenvalue weighted by Crippen LogP contribution is -2.39. The van der Waals surface area contributed by atoms with Gasteiger partial charge in [-0.3, -0.25) is 4.79 Å². The number of rotatable bonds is 8. The fourth-order valence-corrected chi connectivity index (χ4v) is 2.36. The Kier molecular flexibility index (Phi) is 6.47. The van der Waals surface area contributed by atoms with Gasteiger partial charge >= 0.3 is 5.97 Å². The Bertz CT molecular complexity index is 236. The molecule has 1 saturated heterocycles. The highest BCUT2D eigenvalue weighted by molar-refractivity contribution is 5.73. The molecule has 2 N–H and O–H groups in total. The van der Waals surface area contributed by atoms with Crippen molar-refractivity contribution in [1.29, 1.82) is 0 Å². The second kappa shape index (κ2) is 7.63. The van der Waals surface area contributed by atoms with E-state index in [2.05, 4.69) is 10.2 Å². The molecule has 2 atom stereocenters. The first-order valence-electron chi connectivity index (χ1n) is 6.34. The number of carboxylic acids is 1. The first kappa shape index (κ1) is 14.4. The van der Waals surface area contributed by atoms with E-state index in [4.69, 9.17) is 9.84 Å². The molecule has 1 rings (SSSR count). The molecule has 0 saturated carbocycles. The number of carbonyl (C=O) groups is 1. The van der Waals surface area contributed by atoms with Gasteiger partial charge in [0, 0.05) is 20.2 Å². The Hall–Kier alpha value is -0.650. The highest BCUT2D eigenvalue weighted by Gasteiger charge is 2.24. The lowest BCUT2D eigenvalue weighted by Gasteiger charge is -2.19. The molecular formula is C12H24N2O3. The first-order valence-corrected chi connectivity index (χ1v) is 6.34. The molecule has 1 aliphatic heterocycles. The van der Waals surface area contributed by atoms with Crippen molar-refractivity contribution in [3.05, 3.63) is 0 Å². The van der Waals surface area contributed by atoms with Crippen LogP contribution in [0.1, 0.15) is 19.8 Å². The number of nitrogens with zero attached hydrogens (tertiary/aromatic N) is 1. The van der Waals surface area contributed by atoms with E-state index in [1.54, 1.807) is 7.11 Å². The van der Waals surface area contributed by atoms with E-state index in [9.17, 15) is 4.79 Å². The van der Waals surface area contributed by atoms with Gasteiger partial charge in [0.15, 0.2) is 0 Å². The summed E-state index contributed by atoms with van der Waals surface area (Å²) in [5.41, 5.74) is 0. The lowest BCUT2D eigenvalue weighted by atomic mass is 10.1. The molecular weight excluding hydrogens is 220 g/mol. The highest BCUT2D eigenvalue weighted by Crippen LogP contribution is 2.16. The molecule has 0 amide bonds. The third-order valence-electron chi connectivity index (χ3n) is 3.25. The monoisotopic (exact) mass is 244 g/mol. The Morgan fingerprint density at radius 3 is 3.00 bits per heavy atom. The molecule has 0 bridgehead atoms. The quantitative estimate of drug-likeness (QED) is 0.647. The largest absolute Gasteiger partial charge is 0.480 e. The maximum Gasteiger partial charge on any atom is 0.320 e. The van der Waals surface area contributed by atoms with E-state index in [0.29, 0.717) is 18.9 Å². The van der Waals surface area contributed by atoms with Gasteiger partial charge in [0.2, 0.25) is 0 Å². The Balaban J connectivity index is 2.23. The van der Waals surface area contributed by atoms with Crippen LogP contribution < -0.4 is 5.32 Å². The summed E-state index contributed by atoms with van der Waals surface area (Å²) < 4.78 is 5.14. The highest BCUT2D eigenvalue weighted by atomic mass is 16.5. The maximum absolute atomic E-state index is 11.0. The summed E-state index contributed by atoms with van der Waals surface area (Å²) in [6.07, 6.45) is 1.83. The van der Waals surface area contributed by atoms with Gasteiger partial charge in [-0.1, -0.05) is 6.92 Å². The van der Waals surface area contributed by atoms with Crippen molar-refractivity contribution in [2.75, 3.05) is 39.9 Å². The van der Waals surface area contributed by atoms with Gasteiger partial charge in [0.05, 0.1) is 6.61 Å². The van der Waals surface area contributed by atoms with Crippen LogP contribution in [0.3, 0.4) is 0 Å². The van der Waals surface area contributed by atoms with Crippen molar-refractivity contribution in [1.82, 2.24) is 10.2 Å². The van der Waals surface area contributed by atoms with Crippen LogP contribution in [0.4, 0.5) is 0 Å². The molecule has 1 fully saturated rings. The predicted molar refractivity (Wildman–Crippen MR) is 66.1 cm³/mol. The van der Waals surface area contributed by atoms with Crippen molar-refractivity contribution in [2.24, 2.45) is 5.92 Å². The van der Waals surface area contributed by atoms with E-state index < -0.39 is 12.0 Å². The van der Waals surface area contributed by atoms with Crippen molar-refractivity contribution >= 4 is 5.97 Å². The summed E-state index contributed by atoms with van der Waals surface area (Å²) in [4.78, 5) is 13.3. The number of likely N-dealkylation sites (tertiary alicyclic amines) is 1. The molecule has 100 valence electrons. The summed E-state index contributed by atoms with van der Waals surface area (Å²) in [7, 11) is 1.73. The number of likely N-dealkylation sites (N-methyl/N-ethyl adjacent to an activating group) is 1. The summed E-state index contributed by atoms with van der Waals surface area (Å²) in [6.45, 7) is 6.39. The SMILES string of the molecule is CCNC(CCN1CCC(COC)C1)C(=O)O. The fourth-order valence-electron chi connectivity index (χ4n) is 2.36. The molecule has 5 heteroatoms. The lowest BCUT2D eigenvalue weighted by molar-refractivity contribution is -0.139. The van der Waals surface area contributed by atoms with Gasteiger partial charge in [0.1, 0.15) is 6.04 Å². The first-order chi connectivity index (χ1) is 8.17. The molecule has 0 aromatic carbocycles. The van der Waals surface area contributed by atoms with Crippen LogP contribution in [0.5, 0.6) is 0 Å². The van der Waals surface area contributed by atoms with Crippen LogP contribution in [-0.4, -0.2) is 61.9 Å². The predicted octanol–water partition coefficient (Wildman–Crippen LogP) is 0.408. The minimum absolute atomic E-state index is 0.415. The minimum atomic E-state index is -0.750. The molecule has 5 nitrogen and oxygen atoms in total. The minimum Gasteiger partial charge on any atom is -0.480 e. The normalized spacial score (nSPS) is 22.8. The molecule has 0 spiro atoms. The van der Waals surface area contributed by atoms with Crippen LogP contribution in [0.25, 0.3) is 0 Å². The topological polar surface area (TPSA) is 61.8 Å². The standard InChI is InChI=1S/C12H24N2O3/c1-3-13-11(12(15)16)5-7-14-6-4-10(8-14)9-17-2/h10-11,13H,3-9H2,1-2H3,(H,15,16). The summed E-state index contributed by atoms with van der Waals surface area (Å²) in [5, 5.41) is 12.0. The van der Waals surface area contributed by atoms with Gasteiger partial charge in [0.25, 0.3) is 0 Å². The Labute approximate surface area is 103 Å². The Morgan fingerprint density at radius 2 is 2.41 bits per heavy atom. The number of nitrogens with one attached hydrogen (secondary N) is 1. The van der Waals surface area contributed by atoms with E-state index in [0.717, 1.165) is 32.7 Å². The van der Waals surface area contributed by atoms with Crippen LogP contribution in [0.2, 0.25) is 0 Å². The molecule has 1 aliphatic rings. The zero-order chi connectivity index (χ0) is 12.7. The zero-order valence-corrected chi connectivity index (χ0v) is 10.8. The number of aliphatic carboxylic acids is 1. The average molecular weight is 244 g/mol. The number of carboxylic acid groups (broad SMARTS) is 1. The molecule has 17 heavy (non-hydrogen) atoms. The molecule has 0 aromatic rings. The van der Waals surface area contributed by atoms with Gasteiger partial charge in [-0.25, -0.2) is 0 Å². The van der Waals surface area contributed by atoms with Crippen molar-refractivity contribution in [2.45, 2.75) is 25.8 Å². The third-order valence-corrected chi connectivity index (χ3v) is 3.25. The fraction of sp³-hybridized carbons (Fsp3) is 0.917. The second-order valence-electron chi connectivity index (χ2n) is 4.65. The van der Waals surface area contributed by atoms with E-state index in [1.807, 2.05) is 6.92 Å². The molecule has 2 unspecified atom stereocenters. The molecule has 0 radical (unpaired) electrons. The molecule has 0 aliphatic carbocycles. The maximum atomic E-state index is 11.0. The number of methoxy groups -OCH3 is 1. The van der Waals surface area contributed by atoms with E-state index in [-0.39, 0.29) is 0 Å². The van der Waals surface area contributed by atoms with Crippen LogP contribution >= 0.6 is 0 Å². The summed E-state index contributed by atoms with van der Waals surface area (Å²) in [5.74, 6) is -0.137. The van der Waals surface area contributed by atoms with Crippen LogP contribution in [0, 0.1) is 5.92 Å². The third kappa shape index (κ3) is 5.02. The van der Waals surface area contributed by atoms with Crippen molar-refractivity contribution < 1.29 is 14.6 Å². The molecule has 1 heterocycles. The van der Waals surface area contributed by atoms with Gasteiger partial charge < -0.3 is 20.1 Å². The Morgan fingerprint density at radius 1 is 1.65 bits per heavy atom. The van der Waals surface area contributed by atoms with Crippen molar-refractivity contribution in [3.8, 4) is 0 Å². The zero-order valence-electron chi connectivity index (χ0n) is 10.8. The van der Waals surface area contributed by atoms with Crippen LogP contribution in [0.15, 0.2) is 0 Å². The number of hydrogen-bond donors (Lipinski definition) is 2.